The fraction of sp³-hybridized carbons (Fsp3) is 0.474. The molecule has 2 aromatic rings. The van der Waals surface area contributed by atoms with Crippen LogP contribution in [0.4, 0.5) is 0 Å². The van der Waals surface area contributed by atoms with Gasteiger partial charge in [0.25, 0.3) is 0 Å². The Morgan fingerprint density at radius 2 is 2.11 bits per heavy atom. The lowest BCUT2D eigenvalue weighted by molar-refractivity contribution is 0.0519. The maximum Gasteiger partial charge on any atom is 0.355 e. The van der Waals surface area contributed by atoms with E-state index in [1.54, 1.807) is 20.8 Å². The van der Waals surface area contributed by atoms with Crippen LogP contribution in [0.5, 0.6) is 0 Å². The van der Waals surface area contributed by atoms with E-state index < -0.39 is 5.97 Å². The number of carbonyl (C=O) groups excluding carboxylic acids is 2. The number of esters is 1. The highest BCUT2D eigenvalue weighted by Crippen LogP contribution is 2.40. The molecule has 1 aliphatic rings. The Hall–Kier alpha value is -2.35. The van der Waals surface area contributed by atoms with Crippen molar-refractivity contribution in [1.29, 1.82) is 0 Å². The summed E-state index contributed by atoms with van der Waals surface area (Å²) in [5.74, 6) is 1.18. The van der Waals surface area contributed by atoms with Crippen LogP contribution < -0.4 is 0 Å². The van der Waals surface area contributed by atoms with Crippen molar-refractivity contribution < 1.29 is 14.3 Å². The molecule has 1 fully saturated rings. The molecule has 0 radical (unpaired) electrons. The van der Waals surface area contributed by atoms with Crippen LogP contribution in [0.25, 0.3) is 0 Å². The predicted molar refractivity (Wildman–Crippen MR) is 103 cm³/mol. The first-order chi connectivity index (χ1) is 13.0. The van der Waals surface area contributed by atoms with Gasteiger partial charge in [-0.1, -0.05) is 17.8 Å². The topological polar surface area (TPSA) is 89.9 Å². The van der Waals surface area contributed by atoms with Gasteiger partial charge in [0, 0.05) is 23.7 Å². The molecule has 0 spiro atoms. The zero-order valence-electron chi connectivity index (χ0n) is 15.9. The molecule has 7 nitrogen and oxygen atoms in total. The normalized spacial score (nSPS) is 13.6. The maximum absolute atomic E-state index is 12.8. The summed E-state index contributed by atoms with van der Waals surface area (Å²) in [4.78, 5) is 27.8. The standard InChI is InChI=1S/C19H24N4O3S/c1-5-9-23-17(13-7-8-13)21-22-19(23)27-10-14(24)15-11(3)16(20-12(15)4)18(25)26-6-2/h5,13,20H,1,6-10H2,2-4H3. The molecule has 0 saturated heterocycles. The summed E-state index contributed by atoms with van der Waals surface area (Å²) in [6.45, 7) is 10.0. The first-order valence-corrected chi connectivity index (χ1v) is 10.0. The molecule has 0 aromatic carbocycles. The van der Waals surface area contributed by atoms with E-state index in [2.05, 4.69) is 21.8 Å². The van der Waals surface area contributed by atoms with Crippen molar-refractivity contribution in [3.63, 3.8) is 0 Å². The number of Topliss-reactive ketones (excluding diaryl/α,β-unsaturated/α-hetero) is 1. The molecule has 1 aliphatic carbocycles. The SMILES string of the molecule is C=CCn1c(SCC(=O)c2c(C)[nH]c(C(=O)OCC)c2C)nnc1C1CC1. The van der Waals surface area contributed by atoms with Gasteiger partial charge in [-0.3, -0.25) is 4.79 Å². The molecule has 2 heterocycles. The number of aromatic amines is 1. The second-order valence-corrected chi connectivity index (χ2v) is 7.51. The zero-order chi connectivity index (χ0) is 19.6. The number of ketones is 1. The second-order valence-electron chi connectivity index (χ2n) is 6.57. The highest BCUT2D eigenvalue weighted by Gasteiger charge is 2.30. The predicted octanol–water partition coefficient (Wildman–Crippen LogP) is 3.44. The van der Waals surface area contributed by atoms with Gasteiger partial charge in [-0.05, 0) is 39.2 Å². The molecular weight excluding hydrogens is 364 g/mol. The van der Waals surface area contributed by atoms with Crippen LogP contribution in [-0.4, -0.2) is 43.9 Å². The molecule has 1 N–H and O–H groups in total. The Balaban J connectivity index is 1.75. The quantitative estimate of drug-likeness (QED) is 0.306. The van der Waals surface area contributed by atoms with E-state index in [-0.39, 0.29) is 18.1 Å². The van der Waals surface area contributed by atoms with E-state index >= 15 is 0 Å². The average Bonchev–Trinajstić information content (AvgIpc) is 3.33. The Kier molecular flexibility index (Phi) is 5.84. The van der Waals surface area contributed by atoms with Gasteiger partial charge in [-0.15, -0.1) is 16.8 Å². The van der Waals surface area contributed by atoms with Crippen LogP contribution >= 0.6 is 11.8 Å². The van der Waals surface area contributed by atoms with Crippen molar-refractivity contribution >= 4 is 23.5 Å². The third-order valence-corrected chi connectivity index (χ3v) is 5.49. The van der Waals surface area contributed by atoms with Gasteiger partial charge >= 0.3 is 5.97 Å². The van der Waals surface area contributed by atoms with Gasteiger partial charge in [-0.2, -0.15) is 0 Å². The minimum Gasteiger partial charge on any atom is -0.461 e. The van der Waals surface area contributed by atoms with Crippen molar-refractivity contribution in [2.45, 2.75) is 51.2 Å². The number of thioether (sulfide) groups is 1. The van der Waals surface area contributed by atoms with E-state index in [9.17, 15) is 9.59 Å². The van der Waals surface area contributed by atoms with Gasteiger partial charge < -0.3 is 14.3 Å². The largest absolute Gasteiger partial charge is 0.461 e. The summed E-state index contributed by atoms with van der Waals surface area (Å²) in [5, 5.41) is 9.28. The molecule has 1 saturated carbocycles. The number of aromatic nitrogens is 4. The summed E-state index contributed by atoms with van der Waals surface area (Å²) in [7, 11) is 0. The first-order valence-electron chi connectivity index (χ1n) is 9.04. The molecule has 2 aromatic heterocycles. The fourth-order valence-corrected chi connectivity index (χ4v) is 3.96. The third kappa shape index (κ3) is 4.00. The van der Waals surface area contributed by atoms with Crippen LogP contribution in [0, 0.1) is 13.8 Å². The minimum atomic E-state index is -0.440. The summed E-state index contributed by atoms with van der Waals surface area (Å²) in [6, 6.07) is 0. The molecule has 3 rings (SSSR count). The highest BCUT2D eigenvalue weighted by atomic mass is 32.2. The van der Waals surface area contributed by atoms with E-state index in [0.29, 0.717) is 35.0 Å². The molecule has 0 bridgehead atoms. The summed E-state index contributed by atoms with van der Waals surface area (Å²) < 4.78 is 7.07. The summed E-state index contributed by atoms with van der Waals surface area (Å²) >= 11 is 1.36. The molecule has 0 unspecified atom stereocenters. The van der Waals surface area contributed by atoms with Crippen molar-refractivity contribution in [2.24, 2.45) is 0 Å². The van der Waals surface area contributed by atoms with Crippen molar-refractivity contribution in [1.82, 2.24) is 19.7 Å². The molecule has 144 valence electrons. The number of nitrogens with one attached hydrogen (secondary N) is 1. The van der Waals surface area contributed by atoms with Gasteiger partial charge in [0.15, 0.2) is 10.9 Å². The Morgan fingerprint density at radius 3 is 2.74 bits per heavy atom. The molecule has 0 amide bonds. The summed E-state index contributed by atoms with van der Waals surface area (Å²) in [5.41, 5.74) is 2.19. The molecule has 0 aliphatic heterocycles. The lowest BCUT2D eigenvalue weighted by atomic mass is 10.1. The Morgan fingerprint density at radius 1 is 1.37 bits per heavy atom. The lowest BCUT2D eigenvalue weighted by Crippen LogP contribution is -2.09. The fourth-order valence-electron chi connectivity index (χ4n) is 3.13. The average molecular weight is 388 g/mol. The van der Waals surface area contributed by atoms with E-state index in [1.165, 1.54) is 11.8 Å². The van der Waals surface area contributed by atoms with Crippen LogP contribution in [0.1, 0.15) is 63.6 Å². The second kappa shape index (κ2) is 8.12. The van der Waals surface area contributed by atoms with Crippen molar-refractivity contribution in [2.75, 3.05) is 12.4 Å². The molecule has 8 heteroatoms. The number of ether oxygens (including phenoxy) is 1. The van der Waals surface area contributed by atoms with Gasteiger partial charge in [0.1, 0.15) is 11.5 Å². The first kappa shape index (κ1) is 19.4. The monoisotopic (exact) mass is 388 g/mol. The van der Waals surface area contributed by atoms with Crippen LogP contribution in [0.3, 0.4) is 0 Å². The van der Waals surface area contributed by atoms with E-state index in [4.69, 9.17) is 4.74 Å². The molecular formula is C19H24N4O3S. The number of rotatable bonds is 9. The minimum absolute atomic E-state index is 0.0528. The van der Waals surface area contributed by atoms with E-state index in [1.807, 2.05) is 10.6 Å². The van der Waals surface area contributed by atoms with Crippen molar-refractivity contribution in [3.05, 3.63) is 41.0 Å². The Labute approximate surface area is 162 Å². The molecule has 27 heavy (non-hydrogen) atoms. The number of carbonyl (C=O) groups is 2. The van der Waals surface area contributed by atoms with Gasteiger partial charge in [0.05, 0.1) is 12.4 Å². The van der Waals surface area contributed by atoms with Gasteiger partial charge in [-0.25, -0.2) is 4.79 Å². The number of hydrogen-bond donors (Lipinski definition) is 1. The highest BCUT2D eigenvalue weighted by molar-refractivity contribution is 7.99. The number of H-pyrrole nitrogens is 1. The lowest BCUT2D eigenvalue weighted by Gasteiger charge is -2.07. The van der Waals surface area contributed by atoms with E-state index in [0.717, 1.165) is 23.8 Å². The van der Waals surface area contributed by atoms with Crippen molar-refractivity contribution in [3.8, 4) is 0 Å². The maximum atomic E-state index is 12.8. The number of hydrogen-bond acceptors (Lipinski definition) is 6. The number of aryl methyl sites for hydroxylation is 1. The van der Waals surface area contributed by atoms with Gasteiger partial charge in [0.2, 0.25) is 0 Å². The Bertz CT molecular complexity index is 880. The summed E-state index contributed by atoms with van der Waals surface area (Å²) in [6.07, 6.45) is 4.09. The van der Waals surface area contributed by atoms with Crippen LogP contribution in [0.2, 0.25) is 0 Å². The molecule has 0 atom stereocenters. The van der Waals surface area contributed by atoms with Crippen LogP contribution in [-0.2, 0) is 11.3 Å². The zero-order valence-corrected chi connectivity index (χ0v) is 16.7. The smallest absolute Gasteiger partial charge is 0.355 e. The number of allylic oxidation sites excluding steroid dienone is 1. The number of nitrogens with zero attached hydrogens (tertiary/aromatic N) is 3. The van der Waals surface area contributed by atoms with Crippen LogP contribution in [0.15, 0.2) is 17.8 Å². The third-order valence-electron chi connectivity index (χ3n) is 4.53.